The van der Waals surface area contributed by atoms with E-state index >= 15 is 0 Å². The average Bonchev–Trinajstić information content (AvgIpc) is 2.52. The second-order valence-electron chi connectivity index (χ2n) is 5.14. The summed E-state index contributed by atoms with van der Waals surface area (Å²) >= 11 is 0. The summed E-state index contributed by atoms with van der Waals surface area (Å²) < 4.78 is 15.4. The maximum absolute atomic E-state index is 9.86. The Morgan fingerprint density at radius 1 is 0.955 bits per heavy atom. The van der Waals surface area contributed by atoms with Crippen molar-refractivity contribution in [2.75, 3.05) is 13.2 Å². The molecule has 0 aliphatic carbocycles. The molecule has 0 radical (unpaired) electrons. The highest BCUT2D eigenvalue weighted by Crippen LogP contribution is 2.27. The van der Waals surface area contributed by atoms with Crippen LogP contribution in [0.4, 0.5) is 0 Å². The predicted molar refractivity (Wildman–Crippen MR) is 67.3 cm³/mol. The molecule has 0 unspecified atom stereocenters. The Kier molecular flexibility index (Phi) is 5.58. The topological polar surface area (TPSA) is 169 Å². The Morgan fingerprint density at radius 3 is 2.18 bits per heavy atom. The van der Waals surface area contributed by atoms with Crippen LogP contribution in [0.1, 0.15) is 0 Å². The first-order chi connectivity index (χ1) is 10.4. The van der Waals surface area contributed by atoms with Gasteiger partial charge in [-0.1, -0.05) is 0 Å². The van der Waals surface area contributed by atoms with Crippen LogP contribution >= 0.6 is 0 Å². The summed E-state index contributed by atoms with van der Waals surface area (Å²) in [5.41, 5.74) is 0. The summed E-state index contributed by atoms with van der Waals surface area (Å²) in [7, 11) is 0. The molecule has 2 heterocycles. The highest BCUT2D eigenvalue weighted by Gasteiger charge is 2.47. The summed E-state index contributed by atoms with van der Waals surface area (Å²) in [6, 6.07) is 0. The molecule has 0 saturated carbocycles. The monoisotopic (exact) mass is 324 g/mol. The maximum Gasteiger partial charge on any atom is 0.187 e. The number of aliphatic hydroxyl groups excluding tert-OH is 7. The van der Waals surface area contributed by atoms with Gasteiger partial charge in [-0.15, -0.1) is 0 Å². The van der Waals surface area contributed by atoms with Crippen molar-refractivity contribution < 1.29 is 50.0 Å². The van der Waals surface area contributed by atoms with Crippen LogP contribution in [0.3, 0.4) is 0 Å². The predicted octanol–water partition coefficient (Wildman–Crippen LogP) is -3.68. The minimum Gasteiger partial charge on any atom is -0.506 e. The number of hydrogen-bond donors (Lipinski definition) is 7. The van der Waals surface area contributed by atoms with E-state index in [0.29, 0.717) is 0 Å². The van der Waals surface area contributed by atoms with E-state index in [1.54, 1.807) is 0 Å². The van der Waals surface area contributed by atoms with Gasteiger partial charge < -0.3 is 50.0 Å². The van der Waals surface area contributed by atoms with Crippen LogP contribution < -0.4 is 0 Å². The fraction of sp³-hybridized carbons (Fsp3) is 0.833. The van der Waals surface area contributed by atoms with Gasteiger partial charge in [-0.25, -0.2) is 0 Å². The van der Waals surface area contributed by atoms with Gasteiger partial charge in [-0.2, -0.15) is 0 Å². The molecule has 1 saturated heterocycles. The van der Waals surface area contributed by atoms with E-state index in [1.807, 2.05) is 0 Å². The van der Waals surface area contributed by atoms with Crippen LogP contribution in [0, 0.1) is 0 Å². The Morgan fingerprint density at radius 2 is 1.59 bits per heavy atom. The van der Waals surface area contributed by atoms with Crippen LogP contribution in [0.25, 0.3) is 0 Å². The second kappa shape index (κ2) is 7.06. The first kappa shape index (κ1) is 17.4. The first-order valence-electron chi connectivity index (χ1n) is 6.70. The van der Waals surface area contributed by atoms with Crippen LogP contribution in [0.2, 0.25) is 0 Å². The molecule has 0 spiro atoms. The zero-order valence-electron chi connectivity index (χ0n) is 11.5. The van der Waals surface area contributed by atoms with Gasteiger partial charge in [0.15, 0.2) is 18.2 Å². The van der Waals surface area contributed by atoms with Gasteiger partial charge >= 0.3 is 0 Å². The Balaban J connectivity index is 2.12. The minimum absolute atomic E-state index is 0.542. The Hall–Kier alpha value is -0.980. The van der Waals surface area contributed by atoms with Crippen molar-refractivity contribution >= 4 is 0 Å². The molecule has 8 atom stereocenters. The van der Waals surface area contributed by atoms with Crippen molar-refractivity contribution in [3.05, 3.63) is 12.0 Å². The number of hydrogen-bond acceptors (Lipinski definition) is 10. The highest BCUT2D eigenvalue weighted by atomic mass is 16.7. The summed E-state index contributed by atoms with van der Waals surface area (Å²) in [5.74, 6) is -0.542. The third-order valence-corrected chi connectivity index (χ3v) is 3.66. The Labute approximate surface area is 125 Å². The van der Waals surface area contributed by atoms with E-state index in [2.05, 4.69) is 0 Å². The first-order valence-corrected chi connectivity index (χ1v) is 6.70. The largest absolute Gasteiger partial charge is 0.506 e. The van der Waals surface area contributed by atoms with Gasteiger partial charge in [0.2, 0.25) is 0 Å². The van der Waals surface area contributed by atoms with Gasteiger partial charge in [0, 0.05) is 0 Å². The van der Waals surface area contributed by atoms with E-state index in [1.165, 1.54) is 0 Å². The maximum atomic E-state index is 9.86. The fourth-order valence-corrected chi connectivity index (χ4v) is 2.32. The van der Waals surface area contributed by atoms with Crippen LogP contribution in [0.15, 0.2) is 12.0 Å². The molecule has 0 aromatic rings. The van der Waals surface area contributed by atoms with Crippen LogP contribution in [0.5, 0.6) is 0 Å². The molecule has 7 N–H and O–H groups in total. The van der Waals surface area contributed by atoms with Gasteiger partial charge in [0.1, 0.15) is 42.9 Å². The van der Waals surface area contributed by atoms with Crippen molar-refractivity contribution in [1.29, 1.82) is 0 Å². The smallest absolute Gasteiger partial charge is 0.187 e. The lowest BCUT2D eigenvalue weighted by Crippen LogP contribution is -2.61. The van der Waals surface area contributed by atoms with Crippen molar-refractivity contribution in [3.8, 4) is 0 Å². The lowest BCUT2D eigenvalue weighted by atomic mass is 9.98. The minimum atomic E-state index is -1.67. The third kappa shape index (κ3) is 3.19. The quantitative estimate of drug-likeness (QED) is 0.273. The summed E-state index contributed by atoms with van der Waals surface area (Å²) in [5, 5.41) is 66.8. The molecule has 0 aromatic heterocycles. The van der Waals surface area contributed by atoms with Crippen molar-refractivity contribution in [2.45, 2.75) is 49.0 Å². The summed E-state index contributed by atoms with van der Waals surface area (Å²) in [4.78, 5) is 0. The molecule has 2 aliphatic heterocycles. The highest BCUT2D eigenvalue weighted by molar-refractivity contribution is 5.05. The standard InChI is InChI=1S/C12H20O10/c13-1-5-8(17)9(18)10(19)12(21-5)22-11-6(2-14)20-3-4(15)7(11)16/h3,5-19H,1-2H2/t5-,6-,7-,8-,9+,10-,11-,12+/m1/s1. The fourth-order valence-electron chi connectivity index (χ4n) is 2.32. The lowest BCUT2D eigenvalue weighted by Gasteiger charge is -2.42. The van der Waals surface area contributed by atoms with E-state index < -0.39 is 68.0 Å². The van der Waals surface area contributed by atoms with E-state index in [0.717, 1.165) is 6.26 Å². The normalized spacial score (nSPS) is 46.0. The number of ether oxygens (including phenoxy) is 3. The second-order valence-corrected chi connectivity index (χ2v) is 5.14. The molecule has 128 valence electrons. The summed E-state index contributed by atoms with van der Waals surface area (Å²) in [6.45, 7) is -1.19. The molecule has 10 nitrogen and oxygen atoms in total. The van der Waals surface area contributed by atoms with Crippen molar-refractivity contribution in [2.24, 2.45) is 0 Å². The van der Waals surface area contributed by atoms with E-state index in [-0.39, 0.29) is 0 Å². The molecule has 2 aliphatic rings. The zero-order valence-corrected chi connectivity index (χ0v) is 11.5. The van der Waals surface area contributed by atoms with Gasteiger partial charge in [0.05, 0.1) is 13.2 Å². The van der Waals surface area contributed by atoms with Gasteiger partial charge in [-0.05, 0) is 0 Å². The third-order valence-electron chi connectivity index (χ3n) is 3.66. The average molecular weight is 324 g/mol. The molecule has 2 rings (SSSR count). The van der Waals surface area contributed by atoms with Crippen LogP contribution in [-0.4, -0.2) is 98.0 Å². The number of aliphatic hydroxyl groups is 7. The van der Waals surface area contributed by atoms with Gasteiger partial charge in [0.25, 0.3) is 0 Å². The molecule has 0 aromatic carbocycles. The van der Waals surface area contributed by atoms with Crippen molar-refractivity contribution in [1.82, 2.24) is 0 Å². The van der Waals surface area contributed by atoms with E-state index in [4.69, 9.17) is 19.3 Å². The zero-order chi connectivity index (χ0) is 16.4. The summed E-state index contributed by atoms with van der Waals surface area (Å²) in [6.07, 6.45) is -10.6. The van der Waals surface area contributed by atoms with Gasteiger partial charge in [-0.3, -0.25) is 0 Å². The SMILES string of the molecule is OC[C@H]1O[C@@H](O[C@H]2[C@H](O)C(O)=CO[C@@H]2CO)[C@H](O)[C@@H](O)[C@@H]1O. The lowest BCUT2D eigenvalue weighted by molar-refractivity contribution is -0.325. The van der Waals surface area contributed by atoms with Crippen molar-refractivity contribution in [3.63, 3.8) is 0 Å². The molecule has 10 heteroatoms. The Bertz CT molecular complexity index is 399. The van der Waals surface area contributed by atoms with Crippen LogP contribution in [-0.2, 0) is 14.2 Å². The molecule has 1 fully saturated rings. The molecule has 0 amide bonds. The molecular formula is C12H20O10. The van der Waals surface area contributed by atoms with E-state index in [9.17, 15) is 30.6 Å². The molecule has 0 bridgehead atoms. The number of rotatable bonds is 4. The molecular weight excluding hydrogens is 304 g/mol. The molecule has 22 heavy (non-hydrogen) atoms.